The molecule has 178 valence electrons. The highest BCUT2D eigenvalue weighted by atomic mass is 32.2. The van der Waals surface area contributed by atoms with E-state index in [1.165, 1.54) is 11.1 Å². The summed E-state index contributed by atoms with van der Waals surface area (Å²) in [5.74, 6) is 0.415. The SMILES string of the molecule is Cc1oc(-c2ccc(C(=O)N[C@@H]3CCCc4ccccc43)cc2)nc1CS(=O)(=O)c1ccccc1. The van der Waals surface area contributed by atoms with Gasteiger partial charge in [-0.3, -0.25) is 4.79 Å². The topological polar surface area (TPSA) is 89.3 Å². The van der Waals surface area contributed by atoms with Gasteiger partial charge >= 0.3 is 0 Å². The number of hydrogen-bond acceptors (Lipinski definition) is 5. The molecule has 35 heavy (non-hydrogen) atoms. The molecule has 1 N–H and O–H groups in total. The molecule has 5 rings (SSSR count). The lowest BCUT2D eigenvalue weighted by atomic mass is 9.87. The number of aromatic nitrogens is 1. The van der Waals surface area contributed by atoms with Gasteiger partial charge in [0, 0.05) is 11.1 Å². The summed E-state index contributed by atoms with van der Waals surface area (Å²) in [4.78, 5) is 17.6. The zero-order chi connectivity index (χ0) is 24.4. The van der Waals surface area contributed by atoms with Crippen LogP contribution in [0.4, 0.5) is 0 Å². The summed E-state index contributed by atoms with van der Waals surface area (Å²) in [6.45, 7) is 1.70. The number of nitrogens with one attached hydrogen (secondary N) is 1. The van der Waals surface area contributed by atoms with E-state index in [1.807, 2.05) is 12.1 Å². The van der Waals surface area contributed by atoms with Gasteiger partial charge in [0.25, 0.3) is 5.91 Å². The molecular weight excluding hydrogens is 460 g/mol. The molecule has 6 nitrogen and oxygen atoms in total. The van der Waals surface area contributed by atoms with E-state index in [-0.39, 0.29) is 22.6 Å². The number of hydrogen-bond donors (Lipinski definition) is 1. The number of rotatable bonds is 6. The van der Waals surface area contributed by atoms with Crippen LogP contribution in [0.25, 0.3) is 11.5 Å². The second kappa shape index (κ2) is 9.50. The molecule has 0 aliphatic heterocycles. The number of oxazole rings is 1. The van der Waals surface area contributed by atoms with Gasteiger partial charge in [-0.1, -0.05) is 42.5 Å². The predicted octanol–water partition coefficient (Wildman–Crippen LogP) is 5.43. The third-order valence-corrected chi connectivity index (χ3v) is 8.03. The molecule has 1 aliphatic carbocycles. The van der Waals surface area contributed by atoms with E-state index in [1.54, 1.807) is 61.5 Å². The smallest absolute Gasteiger partial charge is 0.251 e. The van der Waals surface area contributed by atoms with Gasteiger partial charge < -0.3 is 9.73 Å². The first-order chi connectivity index (χ1) is 16.9. The summed E-state index contributed by atoms with van der Waals surface area (Å²) >= 11 is 0. The largest absolute Gasteiger partial charge is 0.441 e. The molecular formula is C28H26N2O4S. The quantitative estimate of drug-likeness (QED) is 0.392. The zero-order valence-electron chi connectivity index (χ0n) is 19.4. The Hall–Kier alpha value is -3.71. The van der Waals surface area contributed by atoms with Crippen molar-refractivity contribution in [3.8, 4) is 11.5 Å². The minimum atomic E-state index is -3.53. The van der Waals surface area contributed by atoms with E-state index < -0.39 is 9.84 Å². The van der Waals surface area contributed by atoms with Crippen LogP contribution in [-0.4, -0.2) is 19.3 Å². The van der Waals surface area contributed by atoms with Crippen molar-refractivity contribution in [1.29, 1.82) is 0 Å². The van der Waals surface area contributed by atoms with Crippen molar-refractivity contribution < 1.29 is 17.6 Å². The van der Waals surface area contributed by atoms with Crippen molar-refractivity contribution >= 4 is 15.7 Å². The van der Waals surface area contributed by atoms with Crippen LogP contribution in [0.3, 0.4) is 0 Å². The molecule has 1 amide bonds. The Morgan fingerprint density at radius 2 is 1.71 bits per heavy atom. The minimum absolute atomic E-state index is 0.00985. The molecule has 1 heterocycles. The van der Waals surface area contributed by atoms with Crippen LogP contribution in [0, 0.1) is 6.92 Å². The zero-order valence-corrected chi connectivity index (χ0v) is 20.2. The van der Waals surface area contributed by atoms with Gasteiger partial charge in [0.1, 0.15) is 11.5 Å². The van der Waals surface area contributed by atoms with E-state index in [0.29, 0.717) is 28.5 Å². The average Bonchev–Trinajstić information content (AvgIpc) is 3.24. The molecule has 4 aromatic rings. The molecule has 1 aromatic heterocycles. The van der Waals surface area contributed by atoms with Crippen molar-refractivity contribution in [2.75, 3.05) is 0 Å². The van der Waals surface area contributed by atoms with Crippen molar-refractivity contribution in [2.24, 2.45) is 0 Å². The van der Waals surface area contributed by atoms with Gasteiger partial charge in [-0.2, -0.15) is 0 Å². The average molecular weight is 487 g/mol. The van der Waals surface area contributed by atoms with Crippen LogP contribution in [0.1, 0.15) is 51.8 Å². The van der Waals surface area contributed by atoms with Gasteiger partial charge in [-0.05, 0) is 73.7 Å². The number of benzene rings is 3. The standard InChI is InChI=1S/C28H26N2O4S/c1-19-26(18-35(32,33)23-10-3-2-4-11-23)30-28(34-19)22-16-14-21(15-17-22)27(31)29-25-13-7-9-20-8-5-6-12-24(20)25/h2-6,8,10-12,14-17,25H,7,9,13,18H2,1H3,(H,29,31)/t25-/m1/s1. The number of carbonyl (C=O) groups is 1. The van der Waals surface area contributed by atoms with Crippen LogP contribution >= 0.6 is 0 Å². The molecule has 0 saturated heterocycles. The number of carbonyl (C=O) groups excluding carboxylic acids is 1. The van der Waals surface area contributed by atoms with Gasteiger partial charge in [-0.15, -0.1) is 0 Å². The van der Waals surface area contributed by atoms with Gasteiger partial charge in [0.05, 0.1) is 16.6 Å². The van der Waals surface area contributed by atoms with Crippen LogP contribution in [0.5, 0.6) is 0 Å². The van der Waals surface area contributed by atoms with Gasteiger partial charge in [0.2, 0.25) is 5.89 Å². The normalized spacial score (nSPS) is 15.4. The fraction of sp³-hybridized carbons (Fsp3) is 0.214. The summed E-state index contributed by atoms with van der Waals surface area (Å²) in [5.41, 5.74) is 4.09. The van der Waals surface area contributed by atoms with E-state index in [2.05, 4.69) is 22.4 Å². The molecule has 7 heteroatoms. The predicted molar refractivity (Wildman–Crippen MR) is 134 cm³/mol. The lowest BCUT2D eigenvalue weighted by Crippen LogP contribution is -2.30. The first kappa shape index (κ1) is 23.1. The van der Waals surface area contributed by atoms with Crippen molar-refractivity contribution in [2.45, 2.75) is 42.9 Å². The van der Waals surface area contributed by atoms with Gasteiger partial charge in [-0.25, -0.2) is 13.4 Å². The first-order valence-electron chi connectivity index (χ1n) is 11.6. The number of nitrogens with zero attached hydrogens (tertiary/aromatic N) is 1. The van der Waals surface area contributed by atoms with E-state index in [0.717, 1.165) is 19.3 Å². The van der Waals surface area contributed by atoms with E-state index in [9.17, 15) is 13.2 Å². The Labute approximate surface area is 205 Å². The second-order valence-corrected chi connectivity index (χ2v) is 10.8. The van der Waals surface area contributed by atoms with E-state index in [4.69, 9.17) is 4.42 Å². The molecule has 0 spiro atoms. The molecule has 1 atom stereocenters. The number of aryl methyl sites for hydroxylation is 2. The molecule has 0 fully saturated rings. The molecule has 0 radical (unpaired) electrons. The molecule has 0 saturated carbocycles. The second-order valence-electron chi connectivity index (χ2n) is 8.79. The summed E-state index contributed by atoms with van der Waals surface area (Å²) in [6, 6.07) is 23.6. The van der Waals surface area contributed by atoms with Crippen LogP contribution in [0.15, 0.2) is 88.2 Å². The summed E-state index contributed by atoms with van der Waals surface area (Å²) < 4.78 is 31.2. The monoisotopic (exact) mass is 486 g/mol. The lowest BCUT2D eigenvalue weighted by Gasteiger charge is -2.26. The Bertz CT molecular complexity index is 1460. The molecule has 1 aliphatic rings. The molecule has 0 unspecified atom stereocenters. The maximum Gasteiger partial charge on any atom is 0.251 e. The van der Waals surface area contributed by atoms with E-state index >= 15 is 0 Å². The fourth-order valence-corrected chi connectivity index (χ4v) is 5.85. The third kappa shape index (κ3) is 4.91. The Balaban J connectivity index is 1.30. The van der Waals surface area contributed by atoms with Crippen LogP contribution in [-0.2, 0) is 22.0 Å². The first-order valence-corrected chi connectivity index (χ1v) is 13.3. The van der Waals surface area contributed by atoms with Crippen molar-refractivity contribution in [3.05, 3.63) is 107 Å². The number of fused-ring (bicyclic) bond motifs is 1. The Morgan fingerprint density at radius 1 is 1.00 bits per heavy atom. The number of amides is 1. The minimum Gasteiger partial charge on any atom is -0.441 e. The van der Waals surface area contributed by atoms with Crippen LogP contribution in [0.2, 0.25) is 0 Å². The lowest BCUT2D eigenvalue weighted by molar-refractivity contribution is 0.0932. The highest BCUT2D eigenvalue weighted by Gasteiger charge is 2.23. The fourth-order valence-electron chi connectivity index (χ4n) is 4.49. The van der Waals surface area contributed by atoms with Crippen LogP contribution < -0.4 is 5.32 Å². The maximum atomic E-state index is 12.9. The summed E-state index contributed by atoms with van der Waals surface area (Å²) in [6.07, 6.45) is 3.01. The van der Waals surface area contributed by atoms with Crippen molar-refractivity contribution in [1.82, 2.24) is 10.3 Å². The summed E-state index contributed by atoms with van der Waals surface area (Å²) in [7, 11) is -3.53. The third-order valence-electron chi connectivity index (χ3n) is 6.39. The molecule has 3 aromatic carbocycles. The van der Waals surface area contributed by atoms with Crippen molar-refractivity contribution in [3.63, 3.8) is 0 Å². The summed E-state index contributed by atoms with van der Waals surface area (Å²) in [5, 5.41) is 3.16. The Morgan fingerprint density at radius 3 is 2.49 bits per heavy atom. The Kier molecular flexibility index (Phi) is 6.26. The number of sulfone groups is 1. The maximum absolute atomic E-state index is 12.9. The highest BCUT2D eigenvalue weighted by molar-refractivity contribution is 7.90. The van der Waals surface area contributed by atoms with Gasteiger partial charge in [0.15, 0.2) is 9.84 Å². The molecule has 0 bridgehead atoms. The highest BCUT2D eigenvalue weighted by Crippen LogP contribution is 2.30.